The Balaban J connectivity index is 1.38. The Bertz CT molecular complexity index is 1080. The van der Waals surface area contributed by atoms with E-state index in [1.165, 1.54) is 0 Å². The van der Waals surface area contributed by atoms with Crippen LogP contribution >= 0.6 is 11.6 Å². The molecule has 6 nitrogen and oxygen atoms in total. The molecular formula is C19H17ClF3N3O3S. The van der Waals surface area contributed by atoms with Crippen molar-refractivity contribution in [3.05, 3.63) is 58.9 Å². The van der Waals surface area contributed by atoms with Gasteiger partial charge in [0.1, 0.15) is 0 Å². The van der Waals surface area contributed by atoms with Crippen LogP contribution in [0.4, 0.5) is 13.2 Å². The van der Waals surface area contributed by atoms with Gasteiger partial charge in [-0.3, -0.25) is 9.78 Å². The number of rotatable bonds is 4. The molecule has 0 N–H and O–H groups in total. The van der Waals surface area contributed by atoms with Gasteiger partial charge in [-0.15, -0.1) is 0 Å². The summed E-state index contributed by atoms with van der Waals surface area (Å²) in [5.74, 6) is -0.0550. The van der Waals surface area contributed by atoms with Crippen LogP contribution in [0, 0.1) is 5.41 Å². The molecule has 30 heavy (non-hydrogen) atoms. The lowest BCUT2D eigenvalue weighted by Gasteiger charge is -2.59. The molecule has 2 aliphatic rings. The Kier molecular flexibility index (Phi) is 5.06. The van der Waals surface area contributed by atoms with Crippen molar-refractivity contribution in [1.82, 2.24) is 14.2 Å². The number of sulfonamides is 1. The molecule has 2 fully saturated rings. The predicted octanol–water partition coefficient (Wildman–Crippen LogP) is 2.83. The number of carbonyl (C=O) groups excluding carboxylic acids is 1. The highest BCUT2D eigenvalue weighted by atomic mass is 35.5. The first kappa shape index (κ1) is 21.1. The van der Waals surface area contributed by atoms with Crippen LogP contribution in [-0.4, -0.2) is 54.7 Å². The minimum absolute atomic E-state index is 0.0550. The number of nitrogens with zero attached hydrogens (tertiary/aromatic N) is 3. The highest BCUT2D eigenvalue weighted by Crippen LogP contribution is 2.43. The van der Waals surface area contributed by atoms with Crippen LogP contribution in [0.1, 0.15) is 11.1 Å². The van der Waals surface area contributed by atoms with Crippen LogP contribution in [0.15, 0.2) is 47.6 Å². The van der Waals surface area contributed by atoms with Crippen molar-refractivity contribution in [3.63, 3.8) is 0 Å². The van der Waals surface area contributed by atoms with Gasteiger partial charge in [0.2, 0.25) is 15.9 Å². The summed E-state index contributed by atoms with van der Waals surface area (Å²) < 4.78 is 65.7. The second-order valence-corrected chi connectivity index (χ2v) is 10.0. The van der Waals surface area contributed by atoms with Gasteiger partial charge in [0.15, 0.2) is 0 Å². The number of halogens is 4. The normalized spacial score (nSPS) is 18.7. The van der Waals surface area contributed by atoms with Crippen molar-refractivity contribution in [2.45, 2.75) is 17.5 Å². The number of hydrogen-bond acceptors (Lipinski definition) is 4. The average Bonchev–Trinajstić information content (AvgIpc) is 2.59. The highest BCUT2D eigenvalue weighted by Gasteiger charge is 2.56. The van der Waals surface area contributed by atoms with E-state index in [9.17, 15) is 26.4 Å². The summed E-state index contributed by atoms with van der Waals surface area (Å²) in [6.45, 7) is 1.19. The maximum Gasteiger partial charge on any atom is 0.417 e. The summed E-state index contributed by atoms with van der Waals surface area (Å²) in [6, 6.07) is 6.09. The number of benzene rings is 1. The Hall–Kier alpha value is -2.17. The fourth-order valence-corrected chi connectivity index (χ4v) is 5.75. The number of aromatic nitrogens is 1. The molecule has 1 amide bonds. The number of alkyl halides is 3. The Labute approximate surface area is 176 Å². The molecule has 0 bridgehead atoms. The lowest BCUT2D eigenvalue weighted by molar-refractivity contribution is -0.151. The van der Waals surface area contributed by atoms with Crippen molar-refractivity contribution >= 4 is 27.5 Å². The van der Waals surface area contributed by atoms with Crippen molar-refractivity contribution < 1.29 is 26.4 Å². The molecule has 2 aromatic rings. The summed E-state index contributed by atoms with van der Waals surface area (Å²) in [7, 11) is -4.07. The van der Waals surface area contributed by atoms with Crippen LogP contribution in [0.25, 0.3) is 0 Å². The van der Waals surface area contributed by atoms with Gasteiger partial charge >= 0.3 is 6.18 Å². The SMILES string of the molecule is O=C(Cc1ccncc1)N1CC2(C1)CN(S(=O)(=O)c1ccc(Cl)c(C(F)(F)F)c1)C2. The van der Waals surface area contributed by atoms with Crippen molar-refractivity contribution in [2.24, 2.45) is 5.41 Å². The fourth-order valence-electron chi connectivity index (χ4n) is 3.83. The second-order valence-electron chi connectivity index (χ2n) is 7.69. The molecule has 3 heterocycles. The summed E-state index contributed by atoms with van der Waals surface area (Å²) in [6.07, 6.45) is -1.29. The number of hydrogen-bond donors (Lipinski definition) is 0. The fraction of sp³-hybridized carbons (Fsp3) is 0.368. The third kappa shape index (κ3) is 3.79. The third-order valence-electron chi connectivity index (χ3n) is 5.41. The first-order valence-corrected chi connectivity index (χ1v) is 10.9. The molecule has 0 aliphatic carbocycles. The molecule has 1 spiro atoms. The topological polar surface area (TPSA) is 70.6 Å². The predicted molar refractivity (Wildman–Crippen MR) is 102 cm³/mol. The van der Waals surface area contributed by atoms with Gasteiger partial charge < -0.3 is 4.90 Å². The lowest BCUT2D eigenvalue weighted by Crippen LogP contribution is -2.73. The maximum atomic E-state index is 13.0. The molecule has 0 saturated carbocycles. The summed E-state index contributed by atoms with van der Waals surface area (Å²) in [4.78, 5) is 17.5. The van der Waals surface area contributed by atoms with Crippen molar-refractivity contribution in [2.75, 3.05) is 26.2 Å². The minimum Gasteiger partial charge on any atom is -0.341 e. The maximum absolute atomic E-state index is 13.0. The number of pyridine rings is 1. The number of carbonyl (C=O) groups is 1. The summed E-state index contributed by atoms with van der Waals surface area (Å²) in [5, 5.41) is -0.552. The van der Waals surface area contributed by atoms with Crippen LogP contribution in [0.3, 0.4) is 0 Å². The van der Waals surface area contributed by atoms with E-state index < -0.39 is 31.7 Å². The van der Waals surface area contributed by atoms with E-state index in [0.717, 1.165) is 22.0 Å². The van der Waals surface area contributed by atoms with Gasteiger partial charge in [0.25, 0.3) is 0 Å². The van der Waals surface area contributed by atoms with Gasteiger partial charge in [-0.25, -0.2) is 8.42 Å². The quantitative estimate of drug-likeness (QED) is 0.705. The Morgan fingerprint density at radius 2 is 1.73 bits per heavy atom. The highest BCUT2D eigenvalue weighted by molar-refractivity contribution is 7.89. The third-order valence-corrected chi connectivity index (χ3v) is 7.53. The molecule has 2 aliphatic heterocycles. The van der Waals surface area contributed by atoms with Gasteiger partial charge in [0, 0.05) is 44.0 Å². The Morgan fingerprint density at radius 1 is 1.10 bits per heavy atom. The second kappa shape index (κ2) is 7.21. The Morgan fingerprint density at radius 3 is 2.33 bits per heavy atom. The van der Waals surface area contributed by atoms with E-state index >= 15 is 0 Å². The number of likely N-dealkylation sites (tertiary alicyclic amines) is 1. The van der Waals surface area contributed by atoms with E-state index in [1.54, 1.807) is 29.4 Å². The standard InChI is InChI=1S/C19H17ClF3N3O3S/c20-16-2-1-14(8-15(16)19(21,22)23)30(28,29)26-11-18(12-26)9-25(10-18)17(27)7-13-3-5-24-6-4-13/h1-6,8H,7,9-12H2. The van der Waals surface area contributed by atoms with Crippen LogP contribution in [0.2, 0.25) is 5.02 Å². The largest absolute Gasteiger partial charge is 0.417 e. The zero-order valence-electron chi connectivity index (χ0n) is 15.6. The zero-order chi connectivity index (χ0) is 21.7. The van der Waals surface area contributed by atoms with Gasteiger partial charge in [-0.05, 0) is 35.9 Å². The molecule has 1 aromatic heterocycles. The van der Waals surface area contributed by atoms with Gasteiger partial charge in [-0.1, -0.05) is 11.6 Å². The van der Waals surface area contributed by atoms with E-state index in [4.69, 9.17) is 11.6 Å². The first-order valence-electron chi connectivity index (χ1n) is 9.04. The molecule has 0 atom stereocenters. The molecule has 0 unspecified atom stereocenters. The molecule has 4 rings (SSSR count). The summed E-state index contributed by atoms with van der Waals surface area (Å²) in [5.41, 5.74) is -0.672. The zero-order valence-corrected chi connectivity index (χ0v) is 17.1. The van der Waals surface area contributed by atoms with Gasteiger partial charge in [-0.2, -0.15) is 17.5 Å². The minimum atomic E-state index is -4.75. The average molecular weight is 460 g/mol. The molecule has 160 valence electrons. The number of amides is 1. The molecule has 0 radical (unpaired) electrons. The molecule has 11 heteroatoms. The summed E-state index contributed by atoms with van der Waals surface area (Å²) >= 11 is 5.57. The smallest absolute Gasteiger partial charge is 0.341 e. The van der Waals surface area contributed by atoms with E-state index in [1.807, 2.05) is 0 Å². The lowest BCUT2D eigenvalue weighted by atomic mass is 9.74. The van der Waals surface area contributed by atoms with Gasteiger partial charge in [0.05, 0.1) is 21.9 Å². The van der Waals surface area contributed by atoms with Crippen molar-refractivity contribution in [1.29, 1.82) is 0 Å². The van der Waals surface area contributed by atoms with E-state index in [0.29, 0.717) is 19.2 Å². The first-order chi connectivity index (χ1) is 14.0. The monoisotopic (exact) mass is 459 g/mol. The van der Waals surface area contributed by atoms with Crippen molar-refractivity contribution in [3.8, 4) is 0 Å². The van der Waals surface area contributed by atoms with E-state index in [-0.39, 0.29) is 30.8 Å². The molecule has 1 aromatic carbocycles. The van der Waals surface area contributed by atoms with Crippen LogP contribution < -0.4 is 0 Å². The van der Waals surface area contributed by atoms with Crippen LogP contribution in [0.5, 0.6) is 0 Å². The molecular weight excluding hydrogens is 443 g/mol. The molecule has 2 saturated heterocycles. The van der Waals surface area contributed by atoms with Crippen LogP contribution in [-0.2, 0) is 27.4 Å². The van der Waals surface area contributed by atoms with E-state index in [2.05, 4.69) is 4.98 Å².